The van der Waals surface area contributed by atoms with Crippen LogP contribution in [0.1, 0.15) is 19.8 Å². The first-order valence-corrected chi connectivity index (χ1v) is 10.3. The summed E-state index contributed by atoms with van der Waals surface area (Å²) < 4.78 is 10.4. The Balaban J connectivity index is 1.52. The molecule has 0 saturated carbocycles. The quantitative estimate of drug-likeness (QED) is 0.634. The highest BCUT2D eigenvalue weighted by Gasteiger charge is 2.26. The molecule has 30 heavy (non-hydrogen) atoms. The molecule has 0 unspecified atom stereocenters. The lowest BCUT2D eigenvalue weighted by Crippen LogP contribution is -2.37. The van der Waals surface area contributed by atoms with Crippen molar-refractivity contribution in [3.63, 3.8) is 0 Å². The monoisotopic (exact) mass is 406 g/mol. The number of aromatic nitrogens is 1. The van der Waals surface area contributed by atoms with Gasteiger partial charge in [0, 0.05) is 18.5 Å². The number of phenols is 1. The molecule has 3 aromatic rings. The summed E-state index contributed by atoms with van der Waals surface area (Å²) in [6.45, 7) is 3.88. The predicted octanol–water partition coefficient (Wildman–Crippen LogP) is 4.40. The first-order valence-electron chi connectivity index (χ1n) is 10.3. The van der Waals surface area contributed by atoms with Gasteiger partial charge in [0.05, 0.1) is 25.2 Å². The molecule has 0 aliphatic carbocycles. The molecule has 0 spiro atoms. The second kappa shape index (κ2) is 8.61. The number of phenolic OH excluding ortho intramolecular Hbond substituents is 1. The van der Waals surface area contributed by atoms with Crippen LogP contribution in [0, 0.1) is 5.92 Å². The number of nitrogens with zero attached hydrogens (tertiary/aromatic N) is 2. The molecule has 6 nitrogen and oxygen atoms in total. The van der Waals surface area contributed by atoms with Crippen LogP contribution in [0.2, 0.25) is 0 Å². The van der Waals surface area contributed by atoms with Crippen LogP contribution in [0.4, 0.5) is 5.82 Å². The lowest BCUT2D eigenvalue weighted by atomic mass is 9.97. The molecule has 0 amide bonds. The van der Waals surface area contributed by atoms with Gasteiger partial charge < -0.3 is 19.5 Å². The molecule has 1 aromatic heterocycles. The van der Waals surface area contributed by atoms with Crippen molar-refractivity contribution in [3.8, 4) is 22.6 Å². The zero-order chi connectivity index (χ0) is 21.1. The third kappa shape index (κ3) is 4.03. The van der Waals surface area contributed by atoms with Gasteiger partial charge in [-0.1, -0.05) is 12.1 Å². The number of hydrogen-bond acceptors (Lipinski definition) is 6. The number of esters is 1. The van der Waals surface area contributed by atoms with Gasteiger partial charge in [-0.3, -0.25) is 4.79 Å². The van der Waals surface area contributed by atoms with Gasteiger partial charge in [0.25, 0.3) is 0 Å². The number of aromatic hydroxyl groups is 1. The summed E-state index contributed by atoms with van der Waals surface area (Å²) in [6.07, 6.45) is 1.58. The van der Waals surface area contributed by atoms with E-state index in [0.717, 1.165) is 53.8 Å². The summed E-state index contributed by atoms with van der Waals surface area (Å²) in [5, 5.41) is 10.9. The van der Waals surface area contributed by atoms with Crippen molar-refractivity contribution in [3.05, 3.63) is 48.5 Å². The Morgan fingerprint density at radius 3 is 2.57 bits per heavy atom. The maximum atomic E-state index is 11.9. The number of methoxy groups -OCH3 is 1. The van der Waals surface area contributed by atoms with Crippen molar-refractivity contribution >= 4 is 22.7 Å². The summed E-state index contributed by atoms with van der Waals surface area (Å²) in [4.78, 5) is 19.0. The third-order valence-electron chi connectivity index (χ3n) is 5.63. The van der Waals surface area contributed by atoms with Gasteiger partial charge >= 0.3 is 5.97 Å². The van der Waals surface area contributed by atoms with Crippen molar-refractivity contribution in [1.82, 2.24) is 4.98 Å². The fraction of sp³-hybridized carbons (Fsp3) is 0.333. The zero-order valence-corrected chi connectivity index (χ0v) is 17.3. The van der Waals surface area contributed by atoms with E-state index in [1.54, 1.807) is 13.2 Å². The van der Waals surface area contributed by atoms with E-state index >= 15 is 0 Å². The Hall–Kier alpha value is -3.28. The molecule has 1 saturated heterocycles. The highest BCUT2D eigenvalue weighted by molar-refractivity contribution is 5.86. The first kappa shape index (κ1) is 20.0. The smallest absolute Gasteiger partial charge is 0.309 e. The molecule has 156 valence electrons. The van der Waals surface area contributed by atoms with Gasteiger partial charge in [-0.25, -0.2) is 4.98 Å². The van der Waals surface area contributed by atoms with Crippen LogP contribution in [0.15, 0.2) is 48.5 Å². The van der Waals surface area contributed by atoms with Crippen molar-refractivity contribution in [2.24, 2.45) is 5.92 Å². The Kier molecular flexibility index (Phi) is 5.74. The van der Waals surface area contributed by atoms with Crippen molar-refractivity contribution < 1.29 is 19.4 Å². The minimum Gasteiger partial charge on any atom is -0.504 e. The van der Waals surface area contributed by atoms with Gasteiger partial charge in [-0.2, -0.15) is 0 Å². The van der Waals surface area contributed by atoms with E-state index in [4.69, 9.17) is 14.5 Å². The molecule has 1 aliphatic heterocycles. The molecule has 1 N–H and O–H groups in total. The lowest BCUT2D eigenvalue weighted by molar-refractivity contribution is -0.148. The summed E-state index contributed by atoms with van der Waals surface area (Å²) in [7, 11) is 1.54. The average Bonchev–Trinajstić information content (AvgIpc) is 2.79. The van der Waals surface area contributed by atoms with E-state index in [1.165, 1.54) is 0 Å². The highest BCUT2D eigenvalue weighted by Crippen LogP contribution is 2.33. The molecule has 6 heteroatoms. The molecule has 2 heterocycles. The van der Waals surface area contributed by atoms with Gasteiger partial charge in [0.2, 0.25) is 0 Å². The van der Waals surface area contributed by atoms with Gasteiger partial charge in [0.1, 0.15) is 5.82 Å². The molecule has 0 bridgehead atoms. The number of hydrogen-bond donors (Lipinski definition) is 1. The molecule has 2 aromatic carbocycles. The number of benzene rings is 2. The number of rotatable bonds is 5. The molecule has 1 aliphatic rings. The molecule has 0 radical (unpaired) electrons. The Labute approximate surface area is 176 Å². The molecular formula is C24H26N2O4. The Morgan fingerprint density at radius 2 is 1.83 bits per heavy atom. The van der Waals surface area contributed by atoms with Crippen LogP contribution >= 0.6 is 0 Å². The standard InChI is InChI=1S/C24H26N2O4/c1-3-30-24(28)16-10-12-26(13-11-16)23-9-6-19-14-17(4-7-20(19)25-23)18-5-8-21(27)22(15-18)29-2/h4-9,14-16,27H,3,10-13H2,1-2H3. The molecule has 1 fully saturated rings. The van der Waals surface area contributed by atoms with Crippen LogP contribution in [-0.4, -0.2) is 42.9 Å². The second-order valence-corrected chi connectivity index (χ2v) is 7.48. The number of fused-ring (bicyclic) bond motifs is 1. The van der Waals surface area contributed by atoms with Crippen LogP contribution in [0.5, 0.6) is 11.5 Å². The lowest BCUT2D eigenvalue weighted by Gasteiger charge is -2.31. The van der Waals surface area contributed by atoms with Crippen molar-refractivity contribution in [2.45, 2.75) is 19.8 Å². The van der Waals surface area contributed by atoms with Crippen LogP contribution in [-0.2, 0) is 9.53 Å². The second-order valence-electron chi connectivity index (χ2n) is 7.48. The summed E-state index contributed by atoms with van der Waals surface area (Å²) in [6, 6.07) is 15.6. The number of piperidine rings is 1. The van der Waals surface area contributed by atoms with Crippen LogP contribution < -0.4 is 9.64 Å². The van der Waals surface area contributed by atoms with Crippen molar-refractivity contribution in [2.75, 3.05) is 31.7 Å². The molecule has 0 atom stereocenters. The third-order valence-corrected chi connectivity index (χ3v) is 5.63. The number of pyridine rings is 1. The fourth-order valence-electron chi connectivity index (χ4n) is 3.93. The zero-order valence-electron chi connectivity index (χ0n) is 17.3. The normalized spacial score (nSPS) is 14.7. The number of anilines is 1. The predicted molar refractivity (Wildman–Crippen MR) is 117 cm³/mol. The topological polar surface area (TPSA) is 71.9 Å². The number of carbonyl (C=O) groups is 1. The minimum absolute atomic E-state index is 0.00786. The summed E-state index contributed by atoms with van der Waals surface area (Å²) in [5.74, 6) is 1.42. The van der Waals surface area contributed by atoms with E-state index in [1.807, 2.05) is 37.3 Å². The van der Waals surface area contributed by atoms with Gasteiger partial charge in [0.15, 0.2) is 11.5 Å². The van der Waals surface area contributed by atoms with E-state index in [2.05, 4.69) is 17.0 Å². The van der Waals surface area contributed by atoms with Gasteiger partial charge in [-0.15, -0.1) is 0 Å². The fourth-order valence-corrected chi connectivity index (χ4v) is 3.93. The minimum atomic E-state index is -0.0815. The first-order chi connectivity index (χ1) is 14.6. The largest absolute Gasteiger partial charge is 0.504 e. The van der Waals surface area contributed by atoms with Gasteiger partial charge in [-0.05, 0) is 67.3 Å². The Bertz CT molecular complexity index is 1060. The maximum Gasteiger partial charge on any atom is 0.309 e. The van der Waals surface area contributed by atoms with Crippen LogP contribution in [0.25, 0.3) is 22.0 Å². The molecular weight excluding hydrogens is 380 g/mol. The van der Waals surface area contributed by atoms with E-state index in [0.29, 0.717) is 12.4 Å². The van der Waals surface area contributed by atoms with E-state index in [9.17, 15) is 9.90 Å². The van der Waals surface area contributed by atoms with Crippen molar-refractivity contribution in [1.29, 1.82) is 0 Å². The SMILES string of the molecule is CCOC(=O)C1CCN(c2ccc3cc(-c4ccc(O)c(OC)c4)ccc3n2)CC1. The van der Waals surface area contributed by atoms with E-state index in [-0.39, 0.29) is 17.6 Å². The summed E-state index contributed by atoms with van der Waals surface area (Å²) >= 11 is 0. The number of ether oxygens (including phenoxy) is 2. The number of carbonyl (C=O) groups excluding carboxylic acids is 1. The van der Waals surface area contributed by atoms with Crippen LogP contribution in [0.3, 0.4) is 0 Å². The molecule has 4 rings (SSSR count). The van der Waals surface area contributed by atoms with E-state index < -0.39 is 0 Å². The maximum absolute atomic E-state index is 11.9. The average molecular weight is 406 g/mol. The Morgan fingerprint density at radius 1 is 1.10 bits per heavy atom. The highest BCUT2D eigenvalue weighted by atomic mass is 16.5. The summed E-state index contributed by atoms with van der Waals surface area (Å²) in [5.41, 5.74) is 2.93.